The predicted molar refractivity (Wildman–Crippen MR) is 110 cm³/mol. The van der Waals surface area contributed by atoms with Gasteiger partial charge in [0.1, 0.15) is 36.2 Å². The average Bonchev–Trinajstić information content (AvgIpc) is 2.72. The number of aromatic hydroxyl groups is 1. The van der Waals surface area contributed by atoms with Crippen LogP contribution in [0.4, 0.5) is 5.69 Å². The summed E-state index contributed by atoms with van der Waals surface area (Å²) in [4.78, 5) is 22.6. The highest BCUT2D eigenvalue weighted by Crippen LogP contribution is 2.38. The van der Waals surface area contributed by atoms with E-state index in [1.807, 2.05) is 0 Å². The molecule has 2 aromatic carbocycles. The zero-order chi connectivity index (χ0) is 21.7. The first-order valence-corrected chi connectivity index (χ1v) is 9.59. The van der Waals surface area contributed by atoms with Gasteiger partial charge < -0.3 is 30.7 Å². The number of hydrogen-bond donors (Lipinski definition) is 5. The number of phenols is 1. The minimum atomic E-state index is -0.809. The summed E-state index contributed by atoms with van der Waals surface area (Å²) < 4.78 is 11.4. The summed E-state index contributed by atoms with van der Waals surface area (Å²) in [5, 5.41) is 25.8. The summed E-state index contributed by atoms with van der Waals surface area (Å²) in [6.07, 6.45) is -0.433. The van der Waals surface area contributed by atoms with Crippen molar-refractivity contribution in [2.75, 3.05) is 18.5 Å². The molecule has 160 valence electrons. The smallest absolute Gasteiger partial charge is 0.248 e. The molecule has 9 heteroatoms. The highest BCUT2D eigenvalue weighted by molar-refractivity contribution is 5.96. The molecule has 3 rings (SSSR count). The van der Waals surface area contributed by atoms with Crippen LogP contribution in [0.2, 0.25) is 0 Å². The molecule has 6 N–H and O–H groups in total. The van der Waals surface area contributed by atoms with E-state index in [0.29, 0.717) is 41.2 Å². The first-order chi connectivity index (χ1) is 14.3. The van der Waals surface area contributed by atoms with E-state index in [-0.39, 0.29) is 24.8 Å². The zero-order valence-electron chi connectivity index (χ0n) is 16.6. The number of ether oxygens (including phenoxy) is 2. The fourth-order valence-corrected chi connectivity index (χ4v) is 3.07. The van der Waals surface area contributed by atoms with Gasteiger partial charge in [0, 0.05) is 24.1 Å². The van der Waals surface area contributed by atoms with Gasteiger partial charge in [-0.2, -0.15) is 0 Å². The number of nitrogens with two attached hydrogens (primary N) is 1. The second-order valence-electron chi connectivity index (χ2n) is 7.01. The fraction of sp³-hybridized carbons (Fsp3) is 0.333. The number of nitrogens with one attached hydrogen (secondary N) is 2. The lowest BCUT2D eigenvalue weighted by molar-refractivity contribution is -0.116. The van der Waals surface area contributed by atoms with Crippen LogP contribution in [0.15, 0.2) is 36.4 Å². The normalized spacial score (nSPS) is 14.9. The number of amides is 2. The molecule has 2 aromatic rings. The summed E-state index contributed by atoms with van der Waals surface area (Å²) in [6, 6.07) is 9.51. The number of carbonyl (C=O) groups is 2. The summed E-state index contributed by atoms with van der Waals surface area (Å²) >= 11 is 0. The van der Waals surface area contributed by atoms with Crippen molar-refractivity contribution in [2.45, 2.75) is 32.1 Å². The van der Waals surface area contributed by atoms with E-state index in [2.05, 4.69) is 10.6 Å². The van der Waals surface area contributed by atoms with E-state index in [9.17, 15) is 19.8 Å². The molecule has 0 saturated carbocycles. The summed E-state index contributed by atoms with van der Waals surface area (Å²) in [5.41, 5.74) is 6.68. The van der Waals surface area contributed by atoms with E-state index in [4.69, 9.17) is 15.2 Å². The SMILES string of the molecule is CC(NCC(O)COc1ccc(O)c2c1CCC(=O)N2)Oc1ccc(C(N)=O)cc1. The molecule has 0 fully saturated rings. The van der Waals surface area contributed by atoms with Gasteiger partial charge in [-0.3, -0.25) is 14.9 Å². The van der Waals surface area contributed by atoms with Gasteiger partial charge in [-0.1, -0.05) is 0 Å². The highest BCUT2D eigenvalue weighted by Gasteiger charge is 2.22. The van der Waals surface area contributed by atoms with Crippen LogP contribution in [0.3, 0.4) is 0 Å². The number of phenolic OH excluding ortho intramolecular Hbond substituents is 1. The maximum atomic E-state index is 11.5. The molecule has 0 aromatic heterocycles. The highest BCUT2D eigenvalue weighted by atomic mass is 16.5. The van der Waals surface area contributed by atoms with E-state index < -0.39 is 18.2 Å². The van der Waals surface area contributed by atoms with Crippen molar-refractivity contribution >= 4 is 17.5 Å². The molecular formula is C21H25N3O6. The lowest BCUT2D eigenvalue weighted by atomic mass is 10.0. The van der Waals surface area contributed by atoms with Crippen LogP contribution in [0.5, 0.6) is 17.2 Å². The Kier molecular flexibility index (Phi) is 6.76. The standard InChI is InChI=1S/C21H25N3O6/c1-12(30-15-4-2-13(3-5-15)21(22)28)23-10-14(25)11-29-18-8-7-17(26)20-16(18)6-9-19(27)24-20/h2-5,7-8,12,14,23,25-26H,6,9-11H2,1H3,(H2,22,28)(H,24,27). The average molecular weight is 415 g/mol. The summed E-state index contributed by atoms with van der Waals surface area (Å²) in [7, 11) is 0. The molecule has 1 heterocycles. The van der Waals surface area contributed by atoms with Crippen LogP contribution in [0, 0.1) is 0 Å². The van der Waals surface area contributed by atoms with Crippen LogP contribution in [0.1, 0.15) is 29.3 Å². The predicted octanol–water partition coefficient (Wildman–Crippen LogP) is 1.13. The van der Waals surface area contributed by atoms with Crippen LogP contribution < -0.4 is 25.8 Å². The van der Waals surface area contributed by atoms with Gasteiger partial charge in [-0.25, -0.2) is 0 Å². The third-order valence-electron chi connectivity index (χ3n) is 4.64. The molecule has 2 amide bonds. The van der Waals surface area contributed by atoms with Crippen molar-refractivity contribution in [1.82, 2.24) is 5.32 Å². The van der Waals surface area contributed by atoms with Gasteiger partial charge in [0.25, 0.3) is 0 Å². The molecule has 2 unspecified atom stereocenters. The number of benzene rings is 2. The third-order valence-corrected chi connectivity index (χ3v) is 4.64. The van der Waals surface area contributed by atoms with Gasteiger partial charge in [-0.15, -0.1) is 0 Å². The first kappa shape index (κ1) is 21.4. The minimum absolute atomic E-state index is 0.0116. The number of aliphatic hydroxyl groups is 1. The largest absolute Gasteiger partial charge is 0.506 e. The van der Waals surface area contributed by atoms with Gasteiger partial charge in [0.2, 0.25) is 11.8 Å². The Morgan fingerprint density at radius 3 is 2.67 bits per heavy atom. The number of anilines is 1. The number of rotatable bonds is 9. The van der Waals surface area contributed by atoms with E-state index >= 15 is 0 Å². The monoisotopic (exact) mass is 415 g/mol. The third kappa shape index (κ3) is 5.40. The molecule has 0 saturated heterocycles. The molecule has 9 nitrogen and oxygen atoms in total. The van der Waals surface area contributed by atoms with Crippen LogP contribution in [-0.2, 0) is 11.2 Å². The summed E-state index contributed by atoms with van der Waals surface area (Å²) in [5.74, 6) is 0.400. The van der Waals surface area contributed by atoms with Gasteiger partial charge in [0.05, 0.1) is 5.69 Å². The van der Waals surface area contributed by atoms with Crippen LogP contribution in [-0.4, -0.2) is 47.5 Å². The fourth-order valence-electron chi connectivity index (χ4n) is 3.07. The first-order valence-electron chi connectivity index (χ1n) is 9.59. The van der Waals surface area contributed by atoms with Crippen molar-refractivity contribution in [2.24, 2.45) is 5.73 Å². The van der Waals surface area contributed by atoms with E-state index in [1.54, 1.807) is 37.3 Å². The zero-order valence-corrected chi connectivity index (χ0v) is 16.6. The topological polar surface area (TPSA) is 143 Å². The Balaban J connectivity index is 1.47. The number of hydrogen-bond acceptors (Lipinski definition) is 7. The number of aliphatic hydroxyl groups excluding tert-OH is 1. The Bertz CT molecular complexity index is 916. The molecule has 0 aliphatic carbocycles. The second kappa shape index (κ2) is 9.47. The minimum Gasteiger partial charge on any atom is -0.506 e. The molecule has 30 heavy (non-hydrogen) atoms. The van der Waals surface area contributed by atoms with Crippen molar-refractivity contribution in [3.63, 3.8) is 0 Å². The number of carbonyl (C=O) groups excluding carboxylic acids is 2. The molecule has 1 aliphatic heterocycles. The molecular weight excluding hydrogens is 390 g/mol. The van der Waals surface area contributed by atoms with Crippen molar-refractivity contribution in [1.29, 1.82) is 0 Å². The van der Waals surface area contributed by atoms with Gasteiger partial charge in [0.15, 0.2) is 0 Å². The Hall–Kier alpha value is -3.30. The molecule has 1 aliphatic rings. The summed E-state index contributed by atoms with van der Waals surface area (Å²) in [6.45, 7) is 2.03. The lowest BCUT2D eigenvalue weighted by Crippen LogP contribution is -2.39. The molecule has 0 bridgehead atoms. The number of fused-ring (bicyclic) bond motifs is 1. The van der Waals surface area contributed by atoms with Gasteiger partial charge in [-0.05, 0) is 49.7 Å². The Morgan fingerprint density at radius 2 is 1.97 bits per heavy atom. The van der Waals surface area contributed by atoms with Crippen LogP contribution >= 0.6 is 0 Å². The number of primary amides is 1. The van der Waals surface area contributed by atoms with Crippen LogP contribution in [0.25, 0.3) is 0 Å². The maximum Gasteiger partial charge on any atom is 0.248 e. The molecule has 0 spiro atoms. The Morgan fingerprint density at radius 1 is 1.23 bits per heavy atom. The van der Waals surface area contributed by atoms with E-state index in [0.717, 1.165) is 0 Å². The maximum absolute atomic E-state index is 11.5. The lowest BCUT2D eigenvalue weighted by Gasteiger charge is -2.22. The van der Waals surface area contributed by atoms with E-state index in [1.165, 1.54) is 6.07 Å². The van der Waals surface area contributed by atoms with Gasteiger partial charge >= 0.3 is 0 Å². The molecule has 0 radical (unpaired) electrons. The second-order valence-corrected chi connectivity index (χ2v) is 7.01. The Labute approximate surface area is 173 Å². The quantitative estimate of drug-likeness (QED) is 0.305. The van der Waals surface area contributed by atoms with Crippen molar-refractivity contribution in [3.05, 3.63) is 47.5 Å². The van der Waals surface area contributed by atoms with Crippen molar-refractivity contribution < 1.29 is 29.3 Å². The van der Waals surface area contributed by atoms with Crippen molar-refractivity contribution in [3.8, 4) is 17.2 Å². The molecule has 2 atom stereocenters.